The van der Waals surface area contributed by atoms with Gasteiger partial charge in [-0.3, -0.25) is 0 Å². The first kappa shape index (κ1) is 16.2. The quantitative estimate of drug-likeness (QED) is 0.437. The molecule has 0 aromatic carbocycles. The Kier molecular flexibility index (Phi) is 4.01. The first-order valence-electron chi connectivity index (χ1n) is 6.94. The summed E-state index contributed by atoms with van der Waals surface area (Å²) < 4.78 is 5.74. The van der Waals surface area contributed by atoms with Crippen molar-refractivity contribution >= 4 is 5.97 Å². The van der Waals surface area contributed by atoms with E-state index in [1.54, 1.807) is 6.92 Å². The van der Waals surface area contributed by atoms with Crippen LogP contribution >= 0.6 is 0 Å². The van der Waals surface area contributed by atoms with Crippen molar-refractivity contribution in [3.05, 3.63) is 23.8 Å². The Bertz CT molecular complexity index is 476. The maximum Gasteiger partial charge on any atom is 0.328 e. The summed E-state index contributed by atoms with van der Waals surface area (Å²) in [5.41, 5.74) is -2.72. The van der Waals surface area contributed by atoms with Gasteiger partial charge in [0, 0.05) is 17.9 Å². The molecule has 1 aliphatic heterocycles. The lowest BCUT2D eigenvalue weighted by atomic mass is 9.59. The minimum absolute atomic E-state index is 0.189. The molecule has 2 aliphatic rings. The van der Waals surface area contributed by atoms with Crippen molar-refractivity contribution in [2.24, 2.45) is 5.41 Å². The number of carboxylic acids is 1. The molecule has 6 heteroatoms. The number of hydrogen-bond acceptors (Lipinski definition) is 5. The molecule has 118 valence electrons. The van der Waals surface area contributed by atoms with Crippen LogP contribution in [0.15, 0.2) is 23.8 Å². The molecule has 0 aromatic heterocycles. The minimum Gasteiger partial charge on any atom is -0.478 e. The smallest absolute Gasteiger partial charge is 0.328 e. The molecule has 21 heavy (non-hydrogen) atoms. The number of hydrogen-bond donors (Lipinski definition) is 4. The van der Waals surface area contributed by atoms with E-state index in [4.69, 9.17) is 9.84 Å². The fourth-order valence-electron chi connectivity index (χ4n) is 3.56. The van der Waals surface area contributed by atoms with Crippen LogP contribution in [-0.4, -0.2) is 56.9 Å². The highest BCUT2D eigenvalue weighted by atomic mass is 16.5. The standard InChI is InChI=1S/C15H22O6/c1-13-6-11(17)7-14(2,21-9-13)15(13,20)4-3-10(8-16)5-12(18)19/h3-5,11,16-17,20H,6-9H2,1-2H3,(H,18,19)/b4-3+,10-5+/t11-,13+,14+,15-/m0/s1. The third-order valence-electron chi connectivity index (χ3n) is 4.78. The molecule has 0 aromatic rings. The van der Waals surface area contributed by atoms with Gasteiger partial charge in [0.2, 0.25) is 0 Å². The number of ether oxygens (including phenoxy) is 1. The molecule has 0 amide bonds. The Hall–Kier alpha value is -1.21. The summed E-state index contributed by atoms with van der Waals surface area (Å²) in [4.78, 5) is 10.7. The molecule has 6 nitrogen and oxygen atoms in total. The number of aliphatic hydroxyl groups excluding tert-OH is 2. The van der Waals surface area contributed by atoms with Crippen LogP contribution in [0.1, 0.15) is 26.7 Å². The van der Waals surface area contributed by atoms with Crippen molar-refractivity contribution < 1.29 is 30.0 Å². The second kappa shape index (κ2) is 5.21. The van der Waals surface area contributed by atoms with Gasteiger partial charge in [0.15, 0.2) is 0 Å². The zero-order valence-corrected chi connectivity index (χ0v) is 12.2. The van der Waals surface area contributed by atoms with E-state index in [1.165, 1.54) is 12.2 Å². The van der Waals surface area contributed by atoms with Crippen molar-refractivity contribution in [1.29, 1.82) is 0 Å². The number of fused-ring (bicyclic) bond motifs is 2. The predicted octanol–water partition coefficient (Wildman–Crippen LogP) is 0.227. The number of aliphatic carboxylic acids is 1. The first-order chi connectivity index (χ1) is 9.66. The summed E-state index contributed by atoms with van der Waals surface area (Å²) in [5, 5.41) is 39.0. The molecule has 4 N–H and O–H groups in total. The van der Waals surface area contributed by atoms with Gasteiger partial charge in [0.1, 0.15) is 11.2 Å². The molecule has 2 rings (SSSR count). The third kappa shape index (κ3) is 2.53. The van der Waals surface area contributed by atoms with Gasteiger partial charge in [-0.15, -0.1) is 0 Å². The number of rotatable bonds is 4. The fraction of sp³-hybridized carbons (Fsp3) is 0.667. The van der Waals surface area contributed by atoms with Crippen molar-refractivity contribution in [3.63, 3.8) is 0 Å². The van der Waals surface area contributed by atoms with Crippen LogP contribution in [0.3, 0.4) is 0 Å². The molecule has 1 aliphatic carbocycles. The highest BCUT2D eigenvalue weighted by Crippen LogP contribution is 2.57. The Morgan fingerprint density at radius 1 is 1.38 bits per heavy atom. The maximum atomic E-state index is 11.1. The number of aliphatic hydroxyl groups is 3. The Labute approximate surface area is 123 Å². The van der Waals surface area contributed by atoms with E-state index in [-0.39, 0.29) is 5.57 Å². The van der Waals surface area contributed by atoms with Gasteiger partial charge in [-0.25, -0.2) is 4.79 Å². The van der Waals surface area contributed by atoms with E-state index in [0.29, 0.717) is 19.4 Å². The SMILES string of the molecule is C[C@]12CO[C@](C)(C[C@@H](O)C1)[C@]2(O)/C=C/C(=C\C(=O)O)CO. The lowest BCUT2D eigenvalue weighted by molar-refractivity contribution is -0.150. The molecule has 2 bridgehead atoms. The maximum absolute atomic E-state index is 11.1. The van der Waals surface area contributed by atoms with Crippen LogP contribution in [-0.2, 0) is 9.53 Å². The molecular formula is C15H22O6. The summed E-state index contributed by atoms with van der Waals surface area (Å²) in [7, 11) is 0. The van der Waals surface area contributed by atoms with Crippen LogP contribution in [0.4, 0.5) is 0 Å². The van der Waals surface area contributed by atoms with E-state index in [9.17, 15) is 20.1 Å². The van der Waals surface area contributed by atoms with Crippen molar-refractivity contribution in [1.82, 2.24) is 0 Å². The van der Waals surface area contributed by atoms with Gasteiger partial charge in [0.05, 0.1) is 19.3 Å². The summed E-state index contributed by atoms with van der Waals surface area (Å²) in [6.07, 6.45) is 3.97. The summed E-state index contributed by atoms with van der Waals surface area (Å²) in [6, 6.07) is 0. The van der Waals surface area contributed by atoms with Gasteiger partial charge in [-0.2, -0.15) is 0 Å². The van der Waals surface area contributed by atoms with Gasteiger partial charge < -0.3 is 25.2 Å². The van der Waals surface area contributed by atoms with Gasteiger partial charge in [-0.05, 0) is 25.0 Å². The van der Waals surface area contributed by atoms with E-state index in [0.717, 1.165) is 6.08 Å². The average molecular weight is 298 g/mol. The predicted molar refractivity (Wildman–Crippen MR) is 74.6 cm³/mol. The lowest BCUT2D eigenvalue weighted by Crippen LogP contribution is -2.61. The highest BCUT2D eigenvalue weighted by Gasteiger charge is 2.67. The van der Waals surface area contributed by atoms with Crippen molar-refractivity contribution in [3.8, 4) is 0 Å². The molecule has 1 saturated heterocycles. The van der Waals surface area contributed by atoms with E-state index >= 15 is 0 Å². The summed E-state index contributed by atoms with van der Waals surface area (Å²) in [6.45, 7) is 3.46. The van der Waals surface area contributed by atoms with E-state index < -0.39 is 35.3 Å². The molecule has 4 atom stereocenters. The van der Waals surface area contributed by atoms with E-state index in [1.807, 2.05) is 6.92 Å². The zero-order chi connectivity index (χ0) is 15.9. The normalized spacial score (nSPS) is 43.5. The van der Waals surface area contributed by atoms with Crippen LogP contribution in [0, 0.1) is 5.41 Å². The number of carboxylic acid groups (broad SMARTS) is 1. The Morgan fingerprint density at radius 3 is 2.57 bits per heavy atom. The molecule has 2 fully saturated rings. The average Bonchev–Trinajstić information content (AvgIpc) is 2.49. The zero-order valence-electron chi connectivity index (χ0n) is 12.2. The first-order valence-corrected chi connectivity index (χ1v) is 6.94. The van der Waals surface area contributed by atoms with Crippen molar-refractivity contribution in [2.45, 2.75) is 44.0 Å². The summed E-state index contributed by atoms with van der Waals surface area (Å²) >= 11 is 0. The van der Waals surface area contributed by atoms with Gasteiger partial charge in [-0.1, -0.05) is 13.0 Å². The Morgan fingerprint density at radius 2 is 2.05 bits per heavy atom. The van der Waals surface area contributed by atoms with Crippen LogP contribution in [0.25, 0.3) is 0 Å². The van der Waals surface area contributed by atoms with Gasteiger partial charge >= 0.3 is 5.97 Å². The van der Waals surface area contributed by atoms with Crippen molar-refractivity contribution in [2.75, 3.05) is 13.2 Å². The van der Waals surface area contributed by atoms with Crippen LogP contribution in [0.5, 0.6) is 0 Å². The molecule has 1 heterocycles. The third-order valence-corrected chi connectivity index (χ3v) is 4.78. The molecule has 0 spiro atoms. The largest absolute Gasteiger partial charge is 0.478 e. The highest BCUT2D eigenvalue weighted by molar-refractivity contribution is 5.81. The second-order valence-electron chi connectivity index (χ2n) is 6.46. The van der Waals surface area contributed by atoms with E-state index in [2.05, 4.69) is 0 Å². The molecule has 1 saturated carbocycles. The second-order valence-corrected chi connectivity index (χ2v) is 6.46. The van der Waals surface area contributed by atoms with Crippen LogP contribution in [0.2, 0.25) is 0 Å². The fourth-order valence-corrected chi connectivity index (χ4v) is 3.56. The molecule has 0 unspecified atom stereocenters. The Balaban J connectivity index is 2.35. The topological polar surface area (TPSA) is 107 Å². The van der Waals surface area contributed by atoms with Gasteiger partial charge in [0.25, 0.3) is 0 Å². The molecular weight excluding hydrogens is 276 g/mol. The minimum atomic E-state index is -1.33. The monoisotopic (exact) mass is 298 g/mol. The summed E-state index contributed by atoms with van der Waals surface area (Å²) in [5.74, 6) is -1.16. The van der Waals surface area contributed by atoms with Crippen LogP contribution < -0.4 is 0 Å². The number of carbonyl (C=O) groups is 1. The molecule has 0 radical (unpaired) electrons. The lowest BCUT2D eigenvalue weighted by Gasteiger charge is -2.49.